The van der Waals surface area contributed by atoms with Crippen LogP contribution in [0.1, 0.15) is 32.3 Å². The fourth-order valence-corrected chi connectivity index (χ4v) is 2.56. The van der Waals surface area contributed by atoms with E-state index in [-0.39, 0.29) is 11.8 Å². The maximum Gasteiger partial charge on any atom is 0.245 e. The van der Waals surface area contributed by atoms with Gasteiger partial charge in [0.15, 0.2) is 0 Å². The SMILES string of the molecule is CC1(C)C(=O)NCCN1C(=O)CCCc1ccccc1. The van der Waals surface area contributed by atoms with Crippen LogP contribution in [0.4, 0.5) is 0 Å². The van der Waals surface area contributed by atoms with Gasteiger partial charge < -0.3 is 10.2 Å². The molecule has 4 heteroatoms. The summed E-state index contributed by atoms with van der Waals surface area (Å²) in [6, 6.07) is 10.2. The molecule has 1 fully saturated rings. The second-order valence-corrected chi connectivity index (χ2v) is 5.70. The van der Waals surface area contributed by atoms with Gasteiger partial charge in [0, 0.05) is 19.5 Å². The van der Waals surface area contributed by atoms with E-state index in [0.29, 0.717) is 19.5 Å². The third kappa shape index (κ3) is 3.18. The standard InChI is InChI=1S/C16H22N2O2/c1-16(2)15(20)17-11-12-18(16)14(19)10-6-9-13-7-4-3-5-8-13/h3-5,7-8H,6,9-12H2,1-2H3,(H,17,20). The molecular formula is C16H22N2O2. The highest BCUT2D eigenvalue weighted by Crippen LogP contribution is 2.19. The lowest BCUT2D eigenvalue weighted by Crippen LogP contribution is -2.63. The summed E-state index contributed by atoms with van der Waals surface area (Å²) in [5.41, 5.74) is 0.512. The van der Waals surface area contributed by atoms with Crippen LogP contribution < -0.4 is 5.32 Å². The number of amides is 2. The summed E-state index contributed by atoms with van der Waals surface area (Å²) in [4.78, 5) is 25.8. The molecule has 1 saturated heterocycles. The summed E-state index contributed by atoms with van der Waals surface area (Å²) in [6.45, 7) is 4.75. The summed E-state index contributed by atoms with van der Waals surface area (Å²) in [5.74, 6) is 0.000871. The summed E-state index contributed by atoms with van der Waals surface area (Å²) >= 11 is 0. The summed E-state index contributed by atoms with van der Waals surface area (Å²) in [6.07, 6.45) is 2.20. The average molecular weight is 274 g/mol. The van der Waals surface area contributed by atoms with Crippen LogP contribution in [0.3, 0.4) is 0 Å². The van der Waals surface area contributed by atoms with E-state index in [1.54, 1.807) is 18.7 Å². The fourth-order valence-electron chi connectivity index (χ4n) is 2.56. The Balaban J connectivity index is 1.87. The average Bonchev–Trinajstić information content (AvgIpc) is 2.43. The molecule has 1 aliphatic heterocycles. The topological polar surface area (TPSA) is 49.4 Å². The monoisotopic (exact) mass is 274 g/mol. The number of hydrogen-bond acceptors (Lipinski definition) is 2. The Morgan fingerprint density at radius 3 is 2.70 bits per heavy atom. The largest absolute Gasteiger partial charge is 0.352 e. The van der Waals surface area contributed by atoms with E-state index in [9.17, 15) is 9.59 Å². The molecule has 0 aromatic heterocycles. The number of aryl methyl sites for hydroxylation is 1. The minimum absolute atomic E-state index is 0.0693. The van der Waals surface area contributed by atoms with Crippen molar-refractivity contribution in [3.05, 3.63) is 35.9 Å². The maximum absolute atomic E-state index is 12.3. The van der Waals surface area contributed by atoms with Crippen molar-refractivity contribution in [1.82, 2.24) is 10.2 Å². The van der Waals surface area contributed by atoms with Gasteiger partial charge in [-0.25, -0.2) is 0 Å². The zero-order valence-electron chi connectivity index (χ0n) is 12.2. The van der Waals surface area contributed by atoms with E-state index < -0.39 is 5.54 Å². The molecule has 0 unspecified atom stereocenters. The second-order valence-electron chi connectivity index (χ2n) is 5.70. The number of carbonyl (C=O) groups is 2. The Morgan fingerprint density at radius 2 is 2.00 bits per heavy atom. The Hall–Kier alpha value is -1.84. The van der Waals surface area contributed by atoms with Gasteiger partial charge in [0.25, 0.3) is 0 Å². The van der Waals surface area contributed by atoms with Crippen molar-refractivity contribution in [1.29, 1.82) is 0 Å². The highest BCUT2D eigenvalue weighted by molar-refractivity contribution is 5.91. The molecule has 1 aliphatic rings. The highest BCUT2D eigenvalue weighted by atomic mass is 16.2. The van der Waals surface area contributed by atoms with Gasteiger partial charge in [0.1, 0.15) is 5.54 Å². The Bertz CT molecular complexity index is 483. The van der Waals surface area contributed by atoms with E-state index in [1.807, 2.05) is 18.2 Å². The van der Waals surface area contributed by atoms with E-state index in [2.05, 4.69) is 17.4 Å². The van der Waals surface area contributed by atoms with E-state index in [0.717, 1.165) is 12.8 Å². The summed E-state index contributed by atoms with van der Waals surface area (Å²) in [5, 5.41) is 2.81. The van der Waals surface area contributed by atoms with Crippen LogP contribution >= 0.6 is 0 Å². The third-order valence-electron chi connectivity index (χ3n) is 3.85. The number of carbonyl (C=O) groups excluding carboxylic acids is 2. The van der Waals surface area contributed by atoms with E-state index in [4.69, 9.17) is 0 Å². The first-order valence-electron chi connectivity index (χ1n) is 7.14. The zero-order valence-corrected chi connectivity index (χ0v) is 12.2. The molecule has 1 N–H and O–H groups in total. The Morgan fingerprint density at radius 1 is 1.30 bits per heavy atom. The number of rotatable bonds is 4. The molecule has 0 radical (unpaired) electrons. The van der Waals surface area contributed by atoms with Gasteiger partial charge in [-0.1, -0.05) is 30.3 Å². The van der Waals surface area contributed by atoms with Crippen molar-refractivity contribution in [2.24, 2.45) is 0 Å². The van der Waals surface area contributed by atoms with Crippen LogP contribution in [-0.2, 0) is 16.0 Å². The molecule has 20 heavy (non-hydrogen) atoms. The first-order valence-corrected chi connectivity index (χ1v) is 7.14. The zero-order chi connectivity index (χ0) is 14.6. The third-order valence-corrected chi connectivity index (χ3v) is 3.85. The first kappa shape index (κ1) is 14.6. The van der Waals surface area contributed by atoms with E-state index >= 15 is 0 Å². The lowest BCUT2D eigenvalue weighted by Gasteiger charge is -2.41. The van der Waals surface area contributed by atoms with Crippen LogP contribution in [0.25, 0.3) is 0 Å². The normalized spacial score (nSPS) is 17.7. The number of hydrogen-bond donors (Lipinski definition) is 1. The van der Waals surface area contributed by atoms with Gasteiger partial charge in [-0.05, 0) is 32.3 Å². The fraction of sp³-hybridized carbons (Fsp3) is 0.500. The second kappa shape index (κ2) is 6.07. The maximum atomic E-state index is 12.3. The van der Waals surface area contributed by atoms with E-state index in [1.165, 1.54) is 5.56 Å². The van der Waals surface area contributed by atoms with Crippen LogP contribution in [0, 0.1) is 0 Å². The molecule has 2 rings (SSSR count). The van der Waals surface area contributed by atoms with Gasteiger partial charge in [-0.2, -0.15) is 0 Å². The molecule has 1 aromatic rings. The lowest BCUT2D eigenvalue weighted by atomic mass is 9.97. The van der Waals surface area contributed by atoms with Crippen molar-refractivity contribution in [3.8, 4) is 0 Å². The Kier molecular flexibility index (Phi) is 4.42. The summed E-state index contributed by atoms with van der Waals surface area (Å²) in [7, 11) is 0. The highest BCUT2D eigenvalue weighted by Gasteiger charge is 2.39. The molecule has 0 saturated carbocycles. The predicted molar refractivity (Wildman–Crippen MR) is 78.2 cm³/mol. The van der Waals surface area contributed by atoms with Gasteiger partial charge in [0.2, 0.25) is 11.8 Å². The van der Waals surface area contributed by atoms with Crippen LogP contribution in [-0.4, -0.2) is 35.3 Å². The van der Waals surface area contributed by atoms with Crippen molar-refractivity contribution >= 4 is 11.8 Å². The van der Waals surface area contributed by atoms with Gasteiger partial charge in [-0.3, -0.25) is 9.59 Å². The molecule has 0 spiro atoms. The molecule has 2 amide bonds. The Labute approximate surface area is 120 Å². The number of benzene rings is 1. The smallest absolute Gasteiger partial charge is 0.245 e. The lowest BCUT2D eigenvalue weighted by molar-refractivity contribution is -0.149. The van der Waals surface area contributed by atoms with Crippen molar-refractivity contribution in [2.45, 2.75) is 38.6 Å². The van der Waals surface area contributed by atoms with Crippen LogP contribution in [0.15, 0.2) is 30.3 Å². The van der Waals surface area contributed by atoms with Crippen LogP contribution in [0.5, 0.6) is 0 Å². The molecule has 1 heterocycles. The molecular weight excluding hydrogens is 252 g/mol. The van der Waals surface area contributed by atoms with Crippen molar-refractivity contribution < 1.29 is 9.59 Å². The first-order chi connectivity index (χ1) is 9.51. The molecule has 0 aliphatic carbocycles. The predicted octanol–water partition coefficient (Wildman–Crippen LogP) is 1.75. The number of piperazine rings is 1. The molecule has 4 nitrogen and oxygen atoms in total. The number of nitrogens with one attached hydrogen (secondary N) is 1. The van der Waals surface area contributed by atoms with Gasteiger partial charge in [-0.15, -0.1) is 0 Å². The quantitative estimate of drug-likeness (QED) is 0.909. The minimum Gasteiger partial charge on any atom is -0.352 e. The molecule has 0 atom stereocenters. The van der Waals surface area contributed by atoms with Gasteiger partial charge >= 0.3 is 0 Å². The number of nitrogens with zero attached hydrogens (tertiary/aromatic N) is 1. The van der Waals surface area contributed by atoms with Crippen LogP contribution in [0.2, 0.25) is 0 Å². The minimum atomic E-state index is -0.734. The molecule has 1 aromatic carbocycles. The van der Waals surface area contributed by atoms with Gasteiger partial charge in [0.05, 0.1) is 0 Å². The molecule has 0 bridgehead atoms. The molecule has 108 valence electrons. The van der Waals surface area contributed by atoms with Crippen molar-refractivity contribution in [3.63, 3.8) is 0 Å². The summed E-state index contributed by atoms with van der Waals surface area (Å²) < 4.78 is 0. The van der Waals surface area contributed by atoms with Crippen molar-refractivity contribution in [2.75, 3.05) is 13.1 Å².